The van der Waals surface area contributed by atoms with Crippen molar-refractivity contribution in [2.75, 3.05) is 13.2 Å². The highest BCUT2D eigenvalue weighted by atomic mass is 16.4. The Morgan fingerprint density at radius 1 is 0.969 bits per heavy atom. The maximum absolute atomic E-state index is 12.6. The normalized spacial score (nSPS) is 13.3. The van der Waals surface area contributed by atoms with Gasteiger partial charge in [0.25, 0.3) is 0 Å². The Kier molecular flexibility index (Phi) is 10.6. The molecular formula is C19H27N5O8. The van der Waals surface area contributed by atoms with E-state index in [1.165, 1.54) is 24.3 Å². The molecule has 0 spiro atoms. The summed E-state index contributed by atoms with van der Waals surface area (Å²) in [6.07, 6.45) is -0.494. The predicted octanol–water partition coefficient (Wildman–Crippen LogP) is -3.31. The number of aliphatic carboxylic acids is 1. The minimum Gasteiger partial charge on any atom is -0.508 e. The summed E-state index contributed by atoms with van der Waals surface area (Å²) < 4.78 is 0. The first kappa shape index (κ1) is 26.3. The Balaban J connectivity index is 2.77. The van der Waals surface area contributed by atoms with Gasteiger partial charge in [0, 0.05) is 12.8 Å². The maximum Gasteiger partial charge on any atom is 0.326 e. The number of benzene rings is 1. The fourth-order valence-corrected chi connectivity index (χ4v) is 2.52. The van der Waals surface area contributed by atoms with Gasteiger partial charge in [-0.2, -0.15) is 0 Å². The molecule has 0 aliphatic carbocycles. The average molecular weight is 453 g/mol. The molecular weight excluding hydrogens is 426 g/mol. The molecule has 1 aromatic rings. The summed E-state index contributed by atoms with van der Waals surface area (Å²) in [4.78, 5) is 58.6. The van der Waals surface area contributed by atoms with E-state index in [2.05, 4.69) is 16.0 Å². The van der Waals surface area contributed by atoms with Crippen LogP contribution in [0, 0.1) is 0 Å². The number of carboxylic acid groups (broad SMARTS) is 1. The number of hydrogen-bond acceptors (Lipinski definition) is 8. The van der Waals surface area contributed by atoms with Gasteiger partial charge in [0.1, 0.15) is 23.9 Å². The third kappa shape index (κ3) is 9.40. The molecule has 0 aromatic heterocycles. The van der Waals surface area contributed by atoms with E-state index in [0.29, 0.717) is 5.56 Å². The molecule has 1 aromatic carbocycles. The van der Waals surface area contributed by atoms with Gasteiger partial charge in [-0.15, -0.1) is 0 Å². The maximum atomic E-state index is 12.6. The molecule has 0 radical (unpaired) electrons. The fourth-order valence-electron chi connectivity index (χ4n) is 2.52. The molecule has 0 aliphatic rings. The van der Waals surface area contributed by atoms with E-state index in [0.717, 1.165) is 0 Å². The van der Waals surface area contributed by atoms with Crippen molar-refractivity contribution in [3.63, 3.8) is 0 Å². The molecule has 10 N–H and O–H groups in total. The molecule has 0 saturated carbocycles. The smallest absolute Gasteiger partial charge is 0.326 e. The van der Waals surface area contributed by atoms with Crippen LogP contribution in [0.2, 0.25) is 0 Å². The second kappa shape index (κ2) is 12.9. The van der Waals surface area contributed by atoms with Crippen molar-refractivity contribution in [1.29, 1.82) is 0 Å². The van der Waals surface area contributed by atoms with Crippen molar-refractivity contribution in [2.24, 2.45) is 11.5 Å². The van der Waals surface area contributed by atoms with Crippen LogP contribution in [0.4, 0.5) is 0 Å². The zero-order chi connectivity index (χ0) is 24.3. The van der Waals surface area contributed by atoms with Gasteiger partial charge in [-0.05, 0) is 24.1 Å². The number of aliphatic hydroxyl groups is 1. The van der Waals surface area contributed by atoms with Crippen molar-refractivity contribution in [2.45, 2.75) is 37.4 Å². The number of amides is 4. The Labute approximate surface area is 183 Å². The summed E-state index contributed by atoms with van der Waals surface area (Å²) in [5, 5.41) is 34.3. The molecule has 176 valence electrons. The number of phenolic OH excluding ortho intramolecular Hbond substituents is 1. The fraction of sp³-hybridized carbons (Fsp3) is 0.421. The second-order valence-electron chi connectivity index (χ2n) is 6.90. The van der Waals surface area contributed by atoms with E-state index >= 15 is 0 Å². The number of aliphatic hydroxyl groups excluding tert-OH is 1. The van der Waals surface area contributed by atoms with Crippen LogP contribution in [0.1, 0.15) is 18.4 Å². The van der Waals surface area contributed by atoms with Crippen LogP contribution in [-0.4, -0.2) is 76.2 Å². The number of nitrogens with one attached hydrogen (secondary N) is 3. The van der Waals surface area contributed by atoms with Crippen molar-refractivity contribution in [3.05, 3.63) is 29.8 Å². The lowest BCUT2D eigenvalue weighted by Gasteiger charge is -2.20. The number of carboxylic acids is 1. The standard InChI is InChI=1S/C19H27N5O8/c20-12(9-25)17(29)24-14(7-10-1-3-11(26)4-2-10)18(30)22-8-16(28)23-13(19(31)32)5-6-15(21)27/h1-4,12-14,25-26H,5-9,20H2,(H2,21,27)(H,22,30)(H,23,28)(H,24,29)(H,31,32). The van der Waals surface area contributed by atoms with E-state index in [-0.39, 0.29) is 25.0 Å². The van der Waals surface area contributed by atoms with Crippen molar-refractivity contribution in [3.8, 4) is 5.75 Å². The monoisotopic (exact) mass is 453 g/mol. The van der Waals surface area contributed by atoms with Crippen molar-refractivity contribution >= 4 is 29.6 Å². The van der Waals surface area contributed by atoms with Gasteiger partial charge in [-0.25, -0.2) is 4.79 Å². The zero-order valence-electron chi connectivity index (χ0n) is 17.1. The molecule has 0 bridgehead atoms. The van der Waals surface area contributed by atoms with E-state index in [1.54, 1.807) is 0 Å². The van der Waals surface area contributed by atoms with Crippen LogP contribution in [0.3, 0.4) is 0 Å². The van der Waals surface area contributed by atoms with Crippen LogP contribution in [0.5, 0.6) is 5.75 Å². The summed E-state index contributed by atoms with van der Waals surface area (Å²) in [7, 11) is 0. The number of nitrogens with two attached hydrogens (primary N) is 2. The molecule has 1 rings (SSSR count). The minimum absolute atomic E-state index is 0.00193. The Hall–Kier alpha value is -3.71. The topological polar surface area (TPSA) is 234 Å². The van der Waals surface area contributed by atoms with Gasteiger partial charge in [-0.3, -0.25) is 19.2 Å². The third-order valence-electron chi connectivity index (χ3n) is 4.28. The molecule has 13 nitrogen and oxygen atoms in total. The molecule has 13 heteroatoms. The zero-order valence-corrected chi connectivity index (χ0v) is 17.1. The first-order chi connectivity index (χ1) is 15.0. The first-order valence-electron chi connectivity index (χ1n) is 9.56. The summed E-state index contributed by atoms with van der Waals surface area (Å²) in [5.74, 6) is -4.50. The van der Waals surface area contributed by atoms with Crippen LogP contribution >= 0.6 is 0 Å². The summed E-state index contributed by atoms with van der Waals surface area (Å²) >= 11 is 0. The summed E-state index contributed by atoms with van der Waals surface area (Å²) in [6, 6.07) is 2.00. The van der Waals surface area contributed by atoms with Gasteiger partial charge < -0.3 is 42.7 Å². The van der Waals surface area contributed by atoms with Gasteiger partial charge in [-0.1, -0.05) is 12.1 Å². The number of carbonyl (C=O) groups is 5. The minimum atomic E-state index is -1.37. The highest BCUT2D eigenvalue weighted by Gasteiger charge is 2.25. The second-order valence-corrected chi connectivity index (χ2v) is 6.90. The van der Waals surface area contributed by atoms with Crippen LogP contribution in [0.15, 0.2) is 24.3 Å². The average Bonchev–Trinajstić information content (AvgIpc) is 2.74. The summed E-state index contributed by atoms with van der Waals surface area (Å²) in [6.45, 7) is -1.25. The number of carbonyl (C=O) groups excluding carboxylic acids is 4. The van der Waals surface area contributed by atoms with Crippen LogP contribution < -0.4 is 27.4 Å². The Bertz CT molecular complexity index is 830. The number of primary amides is 1. The van der Waals surface area contributed by atoms with Gasteiger partial charge >= 0.3 is 5.97 Å². The predicted molar refractivity (Wildman–Crippen MR) is 110 cm³/mol. The van der Waals surface area contributed by atoms with Gasteiger partial charge in [0.2, 0.25) is 23.6 Å². The lowest BCUT2D eigenvalue weighted by Crippen LogP contribution is -2.54. The van der Waals surface area contributed by atoms with E-state index in [9.17, 15) is 29.1 Å². The lowest BCUT2D eigenvalue weighted by molar-refractivity contribution is -0.142. The molecule has 0 heterocycles. The SMILES string of the molecule is NC(=O)CCC(NC(=O)CNC(=O)C(Cc1ccc(O)cc1)NC(=O)C(N)CO)C(=O)O. The van der Waals surface area contributed by atoms with Crippen LogP contribution in [0.25, 0.3) is 0 Å². The molecule has 0 aliphatic heterocycles. The largest absolute Gasteiger partial charge is 0.508 e. The van der Waals surface area contributed by atoms with Gasteiger partial charge in [0.15, 0.2) is 0 Å². The number of phenols is 1. The van der Waals surface area contributed by atoms with Crippen molar-refractivity contribution in [1.82, 2.24) is 16.0 Å². The quantitative estimate of drug-likeness (QED) is 0.149. The van der Waals surface area contributed by atoms with Crippen LogP contribution in [-0.2, 0) is 30.4 Å². The van der Waals surface area contributed by atoms with Crippen molar-refractivity contribution < 1.29 is 39.3 Å². The highest BCUT2D eigenvalue weighted by Crippen LogP contribution is 2.11. The molecule has 32 heavy (non-hydrogen) atoms. The van der Waals surface area contributed by atoms with E-state index in [4.69, 9.17) is 21.7 Å². The lowest BCUT2D eigenvalue weighted by atomic mass is 10.0. The van der Waals surface area contributed by atoms with E-state index < -0.39 is 60.9 Å². The van der Waals surface area contributed by atoms with E-state index in [1.807, 2.05) is 0 Å². The molecule has 0 fully saturated rings. The molecule has 4 amide bonds. The highest BCUT2D eigenvalue weighted by molar-refractivity contribution is 5.92. The number of aromatic hydroxyl groups is 1. The molecule has 0 saturated heterocycles. The molecule has 3 unspecified atom stereocenters. The summed E-state index contributed by atoms with van der Waals surface area (Å²) in [5.41, 5.74) is 11.0. The first-order valence-corrected chi connectivity index (χ1v) is 9.56. The Morgan fingerprint density at radius 2 is 1.59 bits per heavy atom. The third-order valence-corrected chi connectivity index (χ3v) is 4.28. The number of hydrogen-bond donors (Lipinski definition) is 8. The number of rotatable bonds is 13. The molecule has 3 atom stereocenters. The van der Waals surface area contributed by atoms with Gasteiger partial charge in [0.05, 0.1) is 13.2 Å². The Morgan fingerprint density at radius 3 is 2.12 bits per heavy atom.